The molecular formula is C22H27N3O4. The maximum Gasteiger partial charge on any atom is 0.321 e. The van der Waals surface area contributed by atoms with E-state index in [4.69, 9.17) is 9.47 Å². The van der Waals surface area contributed by atoms with Crippen LogP contribution in [-0.2, 0) is 0 Å². The number of anilines is 2. The largest absolute Gasteiger partial charge is 0.497 e. The van der Waals surface area contributed by atoms with Crippen LogP contribution in [0.2, 0.25) is 0 Å². The van der Waals surface area contributed by atoms with Gasteiger partial charge >= 0.3 is 6.03 Å². The third-order valence-corrected chi connectivity index (χ3v) is 4.94. The van der Waals surface area contributed by atoms with Crippen LogP contribution in [0.1, 0.15) is 36.0 Å². The lowest BCUT2D eigenvalue weighted by Crippen LogP contribution is -2.35. The summed E-state index contributed by atoms with van der Waals surface area (Å²) in [5.74, 6) is 0.731. The molecule has 2 N–H and O–H groups in total. The van der Waals surface area contributed by atoms with Gasteiger partial charge in [0.05, 0.1) is 19.8 Å². The molecule has 0 radical (unpaired) electrons. The second-order valence-corrected chi connectivity index (χ2v) is 6.93. The standard InChI is InChI=1S/C22H27N3O4/c1-28-18-11-12-20(29-2)19(15-18)21(26)23-16-7-9-17(10-8-16)24-22(27)25-13-5-3-4-6-14-25/h7-12,15H,3-6,13-14H2,1-2H3,(H,23,26)(H,24,27). The smallest absolute Gasteiger partial charge is 0.321 e. The highest BCUT2D eigenvalue weighted by atomic mass is 16.5. The molecule has 0 aromatic heterocycles. The van der Waals surface area contributed by atoms with Crippen LogP contribution in [0.25, 0.3) is 0 Å². The van der Waals surface area contributed by atoms with Gasteiger partial charge in [-0.15, -0.1) is 0 Å². The van der Waals surface area contributed by atoms with Gasteiger partial charge in [0.25, 0.3) is 5.91 Å². The van der Waals surface area contributed by atoms with E-state index in [9.17, 15) is 9.59 Å². The number of carbonyl (C=O) groups excluding carboxylic acids is 2. The molecule has 0 spiro atoms. The van der Waals surface area contributed by atoms with Crippen molar-refractivity contribution in [2.24, 2.45) is 0 Å². The number of urea groups is 1. The van der Waals surface area contributed by atoms with Crippen molar-refractivity contribution in [3.05, 3.63) is 48.0 Å². The zero-order valence-electron chi connectivity index (χ0n) is 16.9. The molecule has 2 aromatic carbocycles. The number of amides is 3. The first kappa shape index (κ1) is 20.5. The fraction of sp³-hybridized carbons (Fsp3) is 0.364. The van der Waals surface area contributed by atoms with Gasteiger partial charge in [-0.2, -0.15) is 0 Å². The highest BCUT2D eigenvalue weighted by molar-refractivity contribution is 6.06. The summed E-state index contributed by atoms with van der Waals surface area (Å²) in [4.78, 5) is 26.9. The van der Waals surface area contributed by atoms with Crippen molar-refractivity contribution in [1.29, 1.82) is 0 Å². The summed E-state index contributed by atoms with van der Waals surface area (Å²) >= 11 is 0. The average molecular weight is 397 g/mol. The summed E-state index contributed by atoms with van der Waals surface area (Å²) < 4.78 is 10.4. The molecule has 3 rings (SSSR count). The first-order valence-corrected chi connectivity index (χ1v) is 9.80. The monoisotopic (exact) mass is 397 g/mol. The van der Waals surface area contributed by atoms with Crippen molar-refractivity contribution in [1.82, 2.24) is 4.90 Å². The average Bonchev–Trinajstić information content (AvgIpc) is 3.04. The van der Waals surface area contributed by atoms with E-state index in [2.05, 4.69) is 10.6 Å². The SMILES string of the molecule is COc1ccc(OC)c(C(=O)Nc2ccc(NC(=O)N3CCCCCC3)cc2)c1. The molecule has 0 bridgehead atoms. The molecule has 0 aliphatic carbocycles. The second kappa shape index (κ2) is 9.82. The van der Waals surface area contributed by atoms with Gasteiger partial charge in [-0.05, 0) is 55.3 Å². The summed E-state index contributed by atoms with van der Waals surface area (Å²) in [5, 5.41) is 5.76. The molecule has 0 saturated carbocycles. The van der Waals surface area contributed by atoms with Crippen molar-refractivity contribution < 1.29 is 19.1 Å². The van der Waals surface area contributed by atoms with Crippen LogP contribution < -0.4 is 20.1 Å². The first-order valence-electron chi connectivity index (χ1n) is 9.80. The van der Waals surface area contributed by atoms with E-state index in [1.54, 1.807) is 49.6 Å². The molecule has 0 atom stereocenters. The zero-order valence-corrected chi connectivity index (χ0v) is 16.9. The molecule has 1 aliphatic rings. The van der Waals surface area contributed by atoms with E-state index < -0.39 is 0 Å². The fourth-order valence-corrected chi connectivity index (χ4v) is 3.30. The minimum atomic E-state index is -0.304. The predicted octanol–water partition coefficient (Wildman–Crippen LogP) is 4.36. The Hall–Kier alpha value is -3.22. The molecule has 3 amide bonds. The van der Waals surface area contributed by atoms with Gasteiger partial charge in [0.2, 0.25) is 0 Å². The highest BCUT2D eigenvalue weighted by Gasteiger charge is 2.16. The van der Waals surface area contributed by atoms with Crippen LogP contribution >= 0.6 is 0 Å². The molecule has 0 unspecified atom stereocenters. The molecule has 1 heterocycles. The Labute approximate surface area is 171 Å². The van der Waals surface area contributed by atoms with Crippen molar-refractivity contribution in [2.75, 3.05) is 37.9 Å². The van der Waals surface area contributed by atoms with Crippen LogP contribution in [-0.4, -0.2) is 44.1 Å². The van der Waals surface area contributed by atoms with Crippen LogP contribution in [0.4, 0.5) is 16.2 Å². The molecule has 29 heavy (non-hydrogen) atoms. The second-order valence-electron chi connectivity index (χ2n) is 6.93. The third-order valence-electron chi connectivity index (χ3n) is 4.94. The molecule has 154 valence electrons. The van der Waals surface area contributed by atoms with E-state index in [1.807, 2.05) is 4.90 Å². The van der Waals surface area contributed by atoms with Gasteiger partial charge in [0.15, 0.2) is 0 Å². The summed E-state index contributed by atoms with van der Waals surface area (Å²) in [6.07, 6.45) is 4.45. The Morgan fingerprint density at radius 1 is 0.828 bits per heavy atom. The van der Waals surface area contributed by atoms with Crippen LogP contribution in [0.15, 0.2) is 42.5 Å². The number of carbonyl (C=O) groups is 2. The molecule has 7 nitrogen and oxygen atoms in total. The van der Waals surface area contributed by atoms with Crippen LogP contribution in [0.3, 0.4) is 0 Å². The van der Waals surface area contributed by atoms with Crippen molar-refractivity contribution in [2.45, 2.75) is 25.7 Å². The first-order chi connectivity index (χ1) is 14.1. The van der Waals surface area contributed by atoms with E-state index in [0.29, 0.717) is 28.4 Å². The quantitative estimate of drug-likeness (QED) is 0.785. The van der Waals surface area contributed by atoms with Gasteiger partial charge in [-0.25, -0.2) is 4.79 Å². The molecule has 1 saturated heterocycles. The van der Waals surface area contributed by atoms with Crippen LogP contribution in [0, 0.1) is 0 Å². The molecular weight excluding hydrogens is 370 g/mol. The number of rotatable bonds is 5. The summed E-state index contributed by atoms with van der Waals surface area (Å²) in [5.41, 5.74) is 1.69. The molecule has 1 fully saturated rings. The van der Waals surface area contributed by atoms with Crippen LogP contribution in [0.5, 0.6) is 11.5 Å². The molecule has 2 aromatic rings. The normalized spacial score (nSPS) is 13.9. The Morgan fingerprint density at radius 3 is 2.03 bits per heavy atom. The van der Waals surface area contributed by atoms with Crippen molar-refractivity contribution >= 4 is 23.3 Å². The Bertz CT molecular complexity index is 844. The van der Waals surface area contributed by atoms with Crippen molar-refractivity contribution in [3.63, 3.8) is 0 Å². The lowest BCUT2D eigenvalue weighted by molar-refractivity contribution is 0.102. The van der Waals surface area contributed by atoms with E-state index in [1.165, 1.54) is 20.0 Å². The van der Waals surface area contributed by atoms with Gasteiger partial charge < -0.3 is 25.0 Å². The number of ether oxygens (including phenoxy) is 2. The topological polar surface area (TPSA) is 79.9 Å². The number of methoxy groups -OCH3 is 2. The molecule has 1 aliphatic heterocycles. The summed E-state index contributed by atoms with van der Waals surface area (Å²) in [6, 6.07) is 12.0. The lowest BCUT2D eigenvalue weighted by Gasteiger charge is -2.20. The Balaban J connectivity index is 1.63. The zero-order chi connectivity index (χ0) is 20.6. The third kappa shape index (κ3) is 5.40. The number of nitrogens with one attached hydrogen (secondary N) is 2. The number of hydrogen-bond acceptors (Lipinski definition) is 4. The van der Waals surface area contributed by atoms with Gasteiger partial charge in [0, 0.05) is 24.5 Å². The van der Waals surface area contributed by atoms with Gasteiger partial charge in [-0.1, -0.05) is 12.8 Å². The minimum Gasteiger partial charge on any atom is -0.497 e. The lowest BCUT2D eigenvalue weighted by atomic mass is 10.1. The fourth-order valence-electron chi connectivity index (χ4n) is 3.30. The number of nitrogens with zero attached hydrogens (tertiary/aromatic N) is 1. The maximum atomic E-state index is 12.6. The number of benzene rings is 2. The summed E-state index contributed by atoms with van der Waals surface area (Å²) in [6.45, 7) is 1.59. The van der Waals surface area contributed by atoms with E-state index >= 15 is 0 Å². The number of likely N-dealkylation sites (tertiary alicyclic amines) is 1. The predicted molar refractivity (Wildman–Crippen MR) is 113 cm³/mol. The van der Waals surface area contributed by atoms with E-state index in [-0.39, 0.29) is 11.9 Å². The Morgan fingerprint density at radius 2 is 1.45 bits per heavy atom. The summed E-state index contributed by atoms with van der Waals surface area (Å²) in [7, 11) is 3.06. The highest BCUT2D eigenvalue weighted by Crippen LogP contribution is 2.25. The van der Waals surface area contributed by atoms with Gasteiger partial charge in [-0.3, -0.25) is 4.79 Å². The number of hydrogen-bond donors (Lipinski definition) is 2. The minimum absolute atomic E-state index is 0.0789. The van der Waals surface area contributed by atoms with Crippen molar-refractivity contribution in [3.8, 4) is 11.5 Å². The van der Waals surface area contributed by atoms with Gasteiger partial charge in [0.1, 0.15) is 11.5 Å². The maximum absolute atomic E-state index is 12.6. The Kier molecular flexibility index (Phi) is 6.94. The molecule has 7 heteroatoms. The van der Waals surface area contributed by atoms with E-state index in [0.717, 1.165) is 25.9 Å².